The van der Waals surface area contributed by atoms with E-state index in [4.69, 9.17) is 19.9 Å². The molecule has 0 bridgehead atoms. The zero-order valence-corrected chi connectivity index (χ0v) is 13.3. The van der Waals surface area contributed by atoms with Crippen LogP contribution >= 0.6 is 0 Å². The molecule has 1 aliphatic carbocycles. The van der Waals surface area contributed by atoms with Crippen LogP contribution in [-0.2, 0) is 0 Å². The van der Waals surface area contributed by atoms with Gasteiger partial charge in [0, 0.05) is 17.6 Å². The zero-order valence-electron chi connectivity index (χ0n) is 13.3. The summed E-state index contributed by atoms with van der Waals surface area (Å²) in [5.41, 5.74) is 6.54. The van der Waals surface area contributed by atoms with Gasteiger partial charge in [0.05, 0.1) is 21.3 Å². The quantitative estimate of drug-likeness (QED) is 0.865. The van der Waals surface area contributed by atoms with Crippen molar-refractivity contribution in [1.82, 2.24) is 5.32 Å². The largest absolute Gasteiger partial charge is 0.493 e. The molecule has 22 heavy (non-hydrogen) atoms. The first-order valence-corrected chi connectivity index (χ1v) is 7.47. The normalized spacial score (nSPS) is 21.1. The smallest absolute Gasteiger partial charge is 0.251 e. The number of carbonyl (C=O) groups is 1. The Hall–Kier alpha value is -1.95. The van der Waals surface area contributed by atoms with Crippen LogP contribution in [0.5, 0.6) is 17.2 Å². The van der Waals surface area contributed by atoms with E-state index < -0.39 is 0 Å². The van der Waals surface area contributed by atoms with E-state index in [1.54, 1.807) is 12.1 Å². The van der Waals surface area contributed by atoms with Crippen LogP contribution in [0.15, 0.2) is 12.1 Å². The number of hydrogen-bond donors (Lipinski definition) is 2. The summed E-state index contributed by atoms with van der Waals surface area (Å²) in [4.78, 5) is 12.5. The van der Waals surface area contributed by atoms with Gasteiger partial charge in [0.15, 0.2) is 11.5 Å². The SMILES string of the molecule is COc1cc(C(=O)N[C@H]2CCCC[C@@H]2N)cc(OC)c1OC. The van der Waals surface area contributed by atoms with Crippen LogP contribution in [0.25, 0.3) is 0 Å². The second-order valence-electron chi connectivity index (χ2n) is 5.44. The van der Waals surface area contributed by atoms with Crippen molar-refractivity contribution in [3.63, 3.8) is 0 Å². The van der Waals surface area contributed by atoms with Crippen LogP contribution in [0.3, 0.4) is 0 Å². The minimum atomic E-state index is -0.179. The molecule has 1 aromatic rings. The van der Waals surface area contributed by atoms with Crippen LogP contribution < -0.4 is 25.3 Å². The molecule has 0 heterocycles. The molecule has 1 fully saturated rings. The number of carbonyl (C=O) groups excluding carboxylic acids is 1. The summed E-state index contributed by atoms with van der Waals surface area (Å²) < 4.78 is 15.8. The maximum absolute atomic E-state index is 12.5. The lowest BCUT2D eigenvalue weighted by atomic mass is 9.91. The predicted octanol–water partition coefficient (Wildman–Crippen LogP) is 1.71. The Kier molecular flexibility index (Phi) is 5.49. The minimum Gasteiger partial charge on any atom is -0.493 e. The number of hydrogen-bond acceptors (Lipinski definition) is 5. The molecule has 0 saturated heterocycles. The average molecular weight is 308 g/mol. The minimum absolute atomic E-state index is 0.0136. The first-order valence-electron chi connectivity index (χ1n) is 7.47. The van der Waals surface area contributed by atoms with Crippen molar-refractivity contribution in [3.05, 3.63) is 17.7 Å². The summed E-state index contributed by atoms with van der Waals surface area (Å²) >= 11 is 0. The van der Waals surface area contributed by atoms with Gasteiger partial charge in [-0.2, -0.15) is 0 Å². The highest BCUT2D eigenvalue weighted by atomic mass is 16.5. The van der Waals surface area contributed by atoms with Gasteiger partial charge in [-0.1, -0.05) is 12.8 Å². The highest BCUT2D eigenvalue weighted by Crippen LogP contribution is 2.38. The van der Waals surface area contributed by atoms with Gasteiger partial charge in [0.25, 0.3) is 5.91 Å². The first kappa shape index (κ1) is 16.4. The second kappa shape index (κ2) is 7.35. The lowest BCUT2D eigenvalue weighted by Crippen LogP contribution is -2.49. The fourth-order valence-electron chi connectivity index (χ4n) is 2.80. The van der Waals surface area contributed by atoms with Crippen molar-refractivity contribution in [2.75, 3.05) is 21.3 Å². The predicted molar refractivity (Wildman–Crippen MR) is 83.8 cm³/mol. The third-order valence-corrected chi connectivity index (χ3v) is 4.06. The van der Waals surface area contributed by atoms with Crippen molar-refractivity contribution < 1.29 is 19.0 Å². The first-order chi connectivity index (χ1) is 10.6. The molecule has 2 rings (SSSR count). The van der Waals surface area contributed by atoms with Crippen LogP contribution in [0.2, 0.25) is 0 Å². The summed E-state index contributed by atoms with van der Waals surface area (Å²) in [5.74, 6) is 1.21. The molecule has 0 radical (unpaired) electrons. The molecule has 0 aliphatic heterocycles. The maximum Gasteiger partial charge on any atom is 0.251 e. The lowest BCUT2D eigenvalue weighted by molar-refractivity contribution is 0.0920. The van der Waals surface area contributed by atoms with Gasteiger partial charge in [-0.25, -0.2) is 0 Å². The molecule has 1 aliphatic rings. The van der Waals surface area contributed by atoms with Crippen LogP contribution in [0, 0.1) is 0 Å². The van der Waals surface area contributed by atoms with E-state index in [2.05, 4.69) is 5.32 Å². The van der Waals surface area contributed by atoms with Crippen LogP contribution in [-0.4, -0.2) is 39.3 Å². The van der Waals surface area contributed by atoms with Gasteiger partial charge in [0.1, 0.15) is 0 Å². The summed E-state index contributed by atoms with van der Waals surface area (Å²) in [6, 6.07) is 3.32. The van der Waals surface area contributed by atoms with Crippen molar-refractivity contribution >= 4 is 5.91 Å². The van der Waals surface area contributed by atoms with E-state index in [0.717, 1.165) is 25.7 Å². The van der Waals surface area contributed by atoms with Crippen LogP contribution in [0.4, 0.5) is 0 Å². The van der Waals surface area contributed by atoms with Gasteiger partial charge in [0.2, 0.25) is 5.75 Å². The molecule has 1 saturated carbocycles. The van der Waals surface area contributed by atoms with E-state index in [1.165, 1.54) is 21.3 Å². The van der Waals surface area contributed by atoms with Crippen molar-refractivity contribution in [3.8, 4) is 17.2 Å². The highest BCUT2D eigenvalue weighted by molar-refractivity contribution is 5.95. The van der Waals surface area contributed by atoms with Crippen LogP contribution in [0.1, 0.15) is 36.0 Å². The zero-order chi connectivity index (χ0) is 16.1. The Morgan fingerprint density at radius 1 is 1.09 bits per heavy atom. The van der Waals surface area contributed by atoms with E-state index in [0.29, 0.717) is 22.8 Å². The van der Waals surface area contributed by atoms with E-state index in [9.17, 15) is 4.79 Å². The summed E-state index contributed by atoms with van der Waals surface area (Å²) in [6.45, 7) is 0. The molecule has 1 aromatic carbocycles. The van der Waals surface area contributed by atoms with Gasteiger partial charge >= 0.3 is 0 Å². The molecule has 3 N–H and O–H groups in total. The molecule has 0 aromatic heterocycles. The maximum atomic E-state index is 12.5. The number of nitrogens with two attached hydrogens (primary N) is 1. The fourth-order valence-corrected chi connectivity index (χ4v) is 2.80. The van der Waals surface area contributed by atoms with Crippen molar-refractivity contribution in [2.45, 2.75) is 37.8 Å². The number of rotatable bonds is 5. The summed E-state index contributed by atoms with van der Waals surface area (Å²) in [5, 5.41) is 3.01. The number of ether oxygens (including phenoxy) is 3. The van der Waals surface area contributed by atoms with Gasteiger partial charge in [-0.05, 0) is 25.0 Å². The topological polar surface area (TPSA) is 82.8 Å². The third-order valence-electron chi connectivity index (χ3n) is 4.06. The van der Waals surface area contributed by atoms with E-state index in [1.807, 2.05) is 0 Å². The van der Waals surface area contributed by atoms with Crippen molar-refractivity contribution in [1.29, 1.82) is 0 Å². The molecule has 0 spiro atoms. The standard InChI is InChI=1S/C16H24N2O4/c1-20-13-8-10(9-14(21-2)15(13)22-3)16(19)18-12-7-5-4-6-11(12)17/h8-9,11-12H,4-7,17H2,1-3H3,(H,18,19)/t11-,12-/m0/s1. The van der Waals surface area contributed by atoms with Gasteiger partial charge in [-0.3, -0.25) is 4.79 Å². The fraction of sp³-hybridized carbons (Fsp3) is 0.562. The molecule has 2 atom stereocenters. The molecule has 0 unspecified atom stereocenters. The second-order valence-corrected chi connectivity index (χ2v) is 5.44. The monoisotopic (exact) mass is 308 g/mol. The Morgan fingerprint density at radius 2 is 1.68 bits per heavy atom. The van der Waals surface area contributed by atoms with Gasteiger partial charge < -0.3 is 25.3 Å². The molecular weight excluding hydrogens is 284 g/mol. The Morgan fingerprint density at radius 3 is 2.18 bits per heavy atom. The number of benzene rings is 1. The third kappa shape index (κ3) is 3.44. The Labute approximate surface area is 130 Å². The average Bonchev–Trinajstić information content (AvgIpc) is 2.55. The summed E-state index contributed by atoms with van der Waals surface area (Å²) in [6.07, 6.45) is 4.07. The Balaban J connectivity index is 2.21. The van der Waals surface area contributed by atoms with Crippen molar-refractivity contribution in [2.24, 2.45) is 5.73 Å². The number of methoxy groups -OCH3 is 3. The molecule has 6 nitrogen and oxygen atoms in total. The lowest BCUT2D eigenvalue weighted by Gasteiger charge is -2.29. The number of nitrogens with one attached hydrogen (secondary N) is 1. The molecular formula is C16H24N2O4. The van der Waals surface area contributed by atoms with E-state index in [-0.39, 0.29) is 18.0 Å². The highest BCUT2D eigenvalue weighted by Gasteiger charge is 2.25. The Bertz CT molecular complexity index is 508. The summed E-state index contributed by atoms with van der Waals surface area (Å²) in [7, 11) is 4.58. The number of amides is 1. The van der Waals surface area contributed by atoms with Gasteiger partial charge in [-0.15, -0.1) is 0 Å². The molecule has 6 heteroatoms. The molecule has 1 amide bonds. The molecule has 122 valence electrons. The van der Waals surface area contributed by atoms with E-state index >= 15 is 0 Å².